The lowest BCUT2D eigenvalue weighted by Crippen LogP contribution is -2.40. The van der Waals surface area contributed by atoms with E-state index in [0.717, 1.165) is 22.5 Å². The summed E-state index contributed by atoms with van der Waals surface area (Å²) in [6.45, 7) is 1.01. The molecule has 0 unspecified atom stereocenters. The van der Waals surface area contributed by atoms with Crippen LogP contribution in [0.1, 0.15) is 21.7 Å². The minimum Gasteiger partial charge on any atom is -0.369 e. The lowest BCUT2D eigenvalue weighted by Gasteiger charge is -2.28. The number of aromatic nitrogens is 2. The fraction of sp³-hybridized carbons (Fsp3) is 0.250. The molecule has 0 radical (unpaired) electrons. The zero-order chi connectivity index (χ0) is 23.3. The highest BCUT2D eigenvalue weighted by molar-refractivity contribution is 7.91. The fourth-order valence-corrected chi connectivity index (χ4v) is 4.84. The van der Waals surface area contributed by atoms with Gasteiger partial charge in [0.1, 0.15) is 12.4 Å². The number of carbonyl (C=O) groups excluding carboxylic acids is 1. The molecule has 2 aromatic carbocycles. The van der Waals surface area contributed by atoms with E-state index in [2.05, 4.69) is 20.2 Å². The van der Waals surface area contributed by atoms with Crippen LogP contribution in [0.4, 0.5) is 5.69 Å². The number of carbonyl (C=O) groups is 1. The Balaban J connectivity index is 1.42. The zero-order valence-corrected chi connectivity index (χ0v) is 18.8. The molecule has 8 nitrogen and oxygen atoms in total. The van der Waals surface area contributed by atoms with Gasteiger partial charge < -0.3 is 10.2 Å². The Bertz CT molecular complexity index is 1270. The Labute approximate surface area is 192 Å². The quantitative estimate of drug-likeness (QED) is 0.560. The van der Waals surface area contributed by atoms with Crippen molar-refractivity contribution in [2.45, 2.75) is 6.42 Å². The van der Waals surface area contributed by atoms with Crippen molar-refractivity contribution in [2.24, 2.45) is 0 Å². The van der Waals surface area contributed by atoms with Gasteiger partial charge in [-0.05, 0) is 35.9 Å². The van der Waals surface area contributed by atoms with Crippen LogP contribution in [-0.2, 0) is 16.3 Å². The smallest absolute Gasteiger partial charge is 0.252 e. The van der Waals surface area contributed by atoms with Gasteiger partial charge in [-0.3, -0.25) is 4.79 Å². The third-order valence-electron chi connectivity index (χ3n) is 5.48. The van der Waals surface area contributed by atoms with Gasteiger partial charge in [0.15, 0.2) is 9.84 Å². The Morgan fingerprint density at radius 1 is 1.03 bits per heavy atom. The molecule has 0 aliphatic carbocycles. The minimum atomic E-state index is -2.90. The second-order valence-corrected chi connectivity index (χ2v) is 10.1. The van der Waals surface area contributed by atoms with Crippen LogP contribution in [0, 0.1) is 11.3 Å². The van der Waals surface area contributed by atoms with Crippen LogP contribution >= 0.6 is 0 Å². The van der Waals surface area contributed by atoms with Gasteiger partial charge in [0.2, 0.25) is 0 Å². The largest absolute Gasteiger partial charge is 0.369 e. The summed E-state index contributed by atoms with van der Waals surface area (Å²) in [5.41, 5.74) is 4.18. The molecule has 1 aliphatic heterocycles. The van der Waals surface area contributed by atoms with Gasteiger partial charge in [0.05, 0.1) is 23.3 Å². The highest BCUT2D eigenvalue weighted by Crippen LogP contribution is 2.21. The van der Waals surface area contributed by atoms with Crippen LogP contribution in [0.5, 0.6) is 0 Å². The van der Waals surface area contributed by atoms with Gasteiger partial charge in [-0.2, -0.15) is 5.26 Å². The van der Waals surface area contributed by atoms with Crippen molar-refractivity contribution in [1.29, 1.82) is 5.26 Å². The lowest BCUT2D eigenvalue weighted by molar-refractivity contribution is 0.0958. The Morgan fingerprint density at radius 3 is 2.39 bits per heavy atom. The third-order valence-corrected chi connectivity index (χ3v) is 7.09. The number of sulfone groups is 1. The zero-order valence-electron chi connectivity index (χ0n) is 17.9. The van der Waals surface area contributed by atoms with Crippen LogP contribution in [0.25, 0.3) is 11.3 Å². The molecule has 1 fully saturated rings. The normalized spacial score (nSPS) is 14.9. The highest BCUT2D eigenvalue weighted by Gasteiger charge is 2.21. The number of nitrogens with zero attached hydrogens (tertiary/aromatic N) is 4. The van der Waals surface area contributed by atoms with Crippen molar-refractivity contribution in [2.75, 3.05) is 36.0 Å². The number of benzene rings is 2. The topological polar surface area (TPSA) is 116 Å². The summed E-state index contributed by atoms with van der Waals surface area (Å²) in [6, 6.07) is 18.8. The molecule has 0 saturated carbocycles. The number of hydrogen-bond donors (Lipinski definition) is 1. The standard InChI is InChI=1S/C24H23N5O3S/c25-10-12-27-24(30)20-5-3-19(4-6-20)22-9-11-26-23(28-22)17-18-1-7-21(8-2-18)29-13-15-33(31,32)16-14-29/h1-9,11H,12-17H2,(H,27,30). The molecular formula is C24H23N5O3S. The number of hydrogen-bond acceptors (Lipinski definition) is 7. The Hall–Kier alpha value is -3.77. The van der Waals surface area contributed by atoms with E-state index in [0.29, 0.717) is 30.9 Å². The molecule has 0 atom stereocenters. The summed E-state index contributed by atoms with van der Waals surface area (Å²) in [7, 11) is -2.90. The van der Waals surface area contributed by atoms with Gasteiger partial charge in [-0.25, -0.2) is 18.4 Å². The van der Waals surface area contributed by atoms with Crippen molar-refractivity contribution in [3.8, 4) is 17.3 Å². The van der Waals surface area contributed by atoms with Crippen LogP contribution in [0.15, 0.2) is 60.8 Å². The Kier molecular flexibility index (Phi) is 6.66. The second kappa shape index (κ2) is 9.79. The first-order valence-corrected chi connectivity index (χ1v) is 12.4. The first-order valence-electron chi connectivity index (χ1n) is 10.6. The molecule has 1 N–H and O–H groups in total. The first-order chi connectivity index (χ1) is 15.9. The summed E-state index contributed by atoms with van der Waals surface area (Å²) >= 11 is 0. The minimum absolute atomic E-state index is 0.0310. The number of amides is 1. The van der Waals surface area contributed by atoms with Gasteiger partial charge >= 0.3 is 0 Å². The molecule has 0 bridgehead atoms. The molecule has 1 saturated heterocycles. The van der Waals surface area contributed by atoms with Crippen molar-refractivity contribution in [3.05, 3.63) is 77.7 Å². The van der Waals surface area contributed by atoms with E-state index in [-0.39, 0.29) is 24.0 Å². The van der Waals surface area contributed by atoms with Crippen molar-refractivity contribution in [3.63, 3.8) is 0 Å². The predicted octanol–water partition coefficient (Wildman–Crippen LogP) is 2.22. The first kappa shape index (κ1) is 22.4. The lowest BCUT2D eigenvalue weighted by atomic mass is 10.1. The maximum absolute atomic E-state index is 11.9. The monoisotopic (exact) mass is 461 g/mol. The highest BCUT2D eigenvalue weighted by atomic mass is 32.2. The van der Waals surface area contributed by atoms with Crippen molar-refractivity contribution in [1.82, 2.24) is 15.3 Å². The van der Waals surface area contributed by atoms with Gasteiger partial charge in [0.25, 0.3) is 5.91 Å². The summed E-state index contributed by atoms with van der Waals surface area (Å²) < 4.78 is 23.3. The summed E-state index contributed by atoms with van der Waals surface area (Å²) in [6.07, 6.45) is 2.28. The van der Waals surface area contributed by atoms with Crippen LogP contribution < -0.4 is 10.2 Å². The Morgan fingerprint density at radius 2 is 1.73 bits per heavy atom. The molecule has 3 aromatic rings. The van der Waals surface area contributed by atoms with Crippen LogP contribution in [0.2, 0.25) is 0 Å². The summed E-state index contributed by atoms with van der Waals surface area (Å²) in [5, 5.41) is 11.1. The molecule has 0 spiro atoms. The molecular weight excluding hydrogens is 438 g/mol. The van der Waals surface area contributed by atoms with Crippen molar-refractivity contribution >= 4 is 21.4 Å². The van der Waals surface area contributed by atoms with E-state index in [1.807, 2.05) is 48.5 Å². The molecule has 1 aliphatic rings. The van der Waals surface area contributed by atoms with E-state index in [9.17, 15) is 13.2 Å². The fourth-order valence-electron chi connectivity index (χ4n) is 3.64. The van der Waals surface area contributed by atoms with E-state index >= 15 is 0 Å². The second-order valence-electron chi connectivity index (χ2n) is 7.76. The van der Waals surface area contributed by atoms with Gasteiger partial charge in [-0.15, -0.1) is 0 Å². The number of rotatable bonds is 6. The van der Waals surface area contributed by atoms with E-state index in [1.165, 1.54) is 0 Å². The number of anilines is 1. The molecule has 1 aromatic heterocycles. The average molecular weight is 462 g/mol. The molecule has 168 valence electrons. The third kappa shape index (κ3) is 5.73. The van der Waals surface area contributed by atoms with E-state index in [4.69, 9.17) is 5.26 Å². The van der Waals surface area contributed by atoms with E-state index in [1.54, 1.807) is 18.3 Å². The molecule has 4 rings (SSSR count). The molecule has 33 heavy (non-hydrogen) atoms. The molecule has 2 heterocycles. The van der Waals surface area contributed by atoms with Crippen molar-refractivity contribution < 1.29 is 13.2 Å². The van der Waals surface area contributed by atoms with Crippen LogP contribution in [0.3, 0.4) is 0 Å². The SMILES string of the molecule is N#CCNC(=O)c1ccc(-c2ccnc(Cc3ccc(N4CCS(=O)(=O)CC4)cc3)n2)cc1. The summed E-state index contributed by atoms with van der Waals surface area (Å²) in [5.74, 6) is 0.781. The summed E-state index contributed by atoms with van der Waals surface area (Å²) in [4.78, 5) is 23.1. The average Bonchev–Trinajstić information content (AvgIpc) is 2.83. The predicted molar refractivity (Wildman–Crippen MR) is 126 cm³/mol. The van der Waals surface area contributed by atoms with Gasteiger partial charge in [0, 0.05) is 42.5 Å². The van der Waals surface area contributed by atoms with E-state index < -0.39 is 9.84 Å². The van der Waals surface area contributed by atoms with Crippen LogP contribution in [-0.4, -0.2) is 55.4 Å². The number of nitriles is 1. The van der Waals surface area contributed by atoms with Gasteiger partial charge in [-0.1, -0.05) is 24.3 Å². The molecule has 1 amide bonds. The maximum atomic E-state index is 11.9. The maximum Gasteiger partial charge on any atom is 0.252 e. The molecule has 9 heteroatoms. The number of nitrogens with one attached hydrogen (secondary N) is 1.